The van der Waals surface area contributed by atoms with Crippen LogP contribution in [0.4, 0.5) is 0 Å². The van der Waals surface area contributed by atoms with Crippen molar-refractivity contribution in [1.82, 2.24) is 29.4 Å². The van der Waals surface area contributed by atoms with Crippen molar-refractivity contribution >= 4 is 28.3 Å². The van der Waals surface area contributed by atoms with Crippen LogP contribution in [0.1, 0.15) is 207 Å². The Morgan fingerprint density at radius 3 is 1.06 bits per heavy atom. The zero-order chi connectivity index (χ0) is 62.0. The first-order valence-electron chi connectivity index (χ1n) is 34.5. The molecule has 0 spiro atoms. The third kappa shape index (κ3) is 24.0. The molecule has 6 heterocycles. The van der Waals surface area contributed by atoms with Crippen molar-refractivity contribution in [2.45, 2.75) is 229 Å². The highest BCUT2D eigenvalue weighted by molar-refractivity contribution is 6.32. The standard InChI is InChI=1S/2C15H21N.C14H18ClN.C14H23N.C13H21N.C8H17N/c1-12(2)16-10-8-15(9-11-16)14-6-4-13(3)5-7-14;1-12(2)16-9-7-14(8-10-16)15-6-4-5-13(3)11-15;1-11(2)16-9-7-12(8-10-16)13-5-3-4-6-14(13)15;1-12(2)15-10-8-14(9-11-15)13-6-4-3-5-7-13;1-11(2)14-9-7-13(8-10-14)12-5-3-4-6-12;1-8(2)9-6-4-3-5-7-9/h4-8,12H,9-11H2,1-3H3;4-7,11-12H,8-10H2,1-3H3;3-7,11H,8-10H2,1-2H3;6,8,12H,3-5,7,9-11H2,1-2H3;5,7,11H,3-4,6,8-10H2,1-2H3;8H,3-7H2,1-2H3. The summed E-state index contributed by atoms with van der Waals surface area (Å²) in [6.45, 7) is 45.8. The summed E-state index contributed by atoms with van der Waals surface area (Å²) in [4.78, 5) is 15.1. The molecule has 3 aromatic rings. The largest absolute Gasteiger partial charge is 0.301 e. The molecule has 7 heteroatoms. The molecule has 0 atom stereocenters. The number of piperidine rings is 1. The van der Waals surface area contributed by atoms with Crippen LogP contribution in [0, 0.1) is 13.8 Å². The van der Waals surface area contributed by atoms with Crippen molar-refractivity contribution in [2.75, 3.05) is 78.5 Å². The number of benzene rings is 3. The van der Waals surface area contributed by atoms with Gasteiger partial charge < -0.3 is 4.90 Å². The average molecular weight is 1190 g/mol. The van der Waals surface area contributed by atoms with Gasteiger partial charge in [-0.3, -0.25) is 24.5 Å². The first-order valence-corrected chi connectivity index (χ1v) is 34.9. The van der Waals surface area contributed by atoms with Gasteiger partial charge in [0.1, 0.15) is 0 Å². The Morgan fingerprint density at radius 2 is 0.698 bits per heavy atom. The van der Waals surface area contributed by atoms with Crippen LogP contribution in [0.2, 0.25) is 5.02 Å². The molecule has 0 radical (unpaired) electrons. The normalized spacial score (nSPS) is 20.3. The first kappa shape index (κ1) is 71.0. The predicted molar refractivity (Wildman–Crippen MR) is 380 cm³/mol. The molecule has 0 aromatic heterocycles. The fourth-order valence-corrected chi connectivity index (χ4v) is 13.2. The Kier molecular flexibility index (Phi) is 31.2. The van der Waals surface area contributed by atoms with E-state index in [1.165, 1.54) is 174 Å². The summed E-state index contributed by atoms with van der Waals surface area (Å²) in [6, 6.07) is 29.9. The maximum atomic E-state index is 6.20. The molecule has 474 valence electrons. The highest BCUT2D eigenvalue weighted by Gasteiger charge is 2.21. The Bertz CT molecular complexity index is 2690. The lowest BCUT2D eigenvalue weighted by Gasteiger charge is -2.31. The van der Waals surface area contributed by atoms with Crippen LogP contribution in [0.3, 0.4) is 0 Å². The molecule has 0 unspecified atom stereocenters. The average Bonchev–Trinajstić information content (AvgIpc) is 3.86. The summed E-state index contributed by atoms with van der Waals surface area (Å²) in [6.07, 6.45) is 36.6. The van der Waals surface area contributed by atoms with E-state index in [0.717, 1.165) is 56.8 Å². The van der Waals surface area contributed by atoms with Crippen molar-refractivity contribution in [3.8, 4) is 0 Å². The fraction of sp³-hybridized carbons (Fsp3) is 0.595. The molecule has 3 aromatic carbocycles. The van der Waals surface area contributed by atoms with Gasteiger partial charge in [-0.15, -0.1) is 0 Å². The Balaban J connectivity index is 0.000000166. The molecule has 11 rings (SSSR count). The summed E-state index contributed by atoms with van der Waals surface area (Å²) >= 11 is 6.20. The molecule has 0 bridgehead atoms. The quantitative estimate of drug-likeness (QED) is 0.189. The van der Waals surface area contributed by atoms with E-state index in [1.54, 1.807) is 22.3 Å². The van der Waals surface area contributed by atoms with Gasteiger partial charge in [0, 0.05) is 107 Å². The monoisotopic (exact) mass is 1190 g/mol. The Labute approximate surface area is 533 Å². The van der Waals surface area contributed by atoms with Crippen LogP contribution in [-0.4, -0.2) is 144 Å². The summed E-state index contributed by atoms with van der Waals surface area (Å²) in [5, 5.41) is 0.867. The molecular weight excluding hydrogens is 1070 g/mol. The maximum absolute atomic E-state index is 6.20. The predicted octanol–water partition coefficient (Wildman–Crippen LogP) is 19.4. The molecule has 1 saturated heterocycles. The van der Waals surface area contributed by atoms with Gasteiger partial charge >= 0.3 is 0 Å². The number of aryl methyl sites for hydroxylation is 2. The van der Waals surface area contributed by atoms with E-state index in [9.17, 15) is 0 Å². The summed E-state index contributed by atoms with van der Waals surface area (Å²) in [7, 11) is 0. The summed E-state index contributed by atoms with van der Waals surface area (Å²) in [5.74, 6) is 0. The van der Waals surface area contributed by atoms with Gasteiger partial charge in [0.2, 0.25) is 0 Å². The van der Waals surface area contributed by atoms with Crippen LogP contribution in [0.15, 0.2) is 138 Å². The number of rotatable bonds is 11. The number of allylic oxidation sites excluding steroid dienone is 4. The van der Waals surface area contributed by atoms with Gasteiger partial charge in [0.25, 0.3) is 0 Å². The molecule has 2 aliphatic carbocycles. The maximum Gasteiger partial charge on any atom is 0.0481 e. The second-order valence-corrected chi connectivity index (χ2v) is 27.7. The van der Waals surface area contributed by atoms with E-state index in [0.29, 0.717) is 30.2 Å². The van der Waals surface area contributed by atoms with Gasteiger partial charge in [-0.25, -0.2) is 0 Å². The molecule has 0 amide bonds. The van der Waals surface area contributed by atoms with E-state index in [1.807, 2.05) is 12.1 Å². The van der Waals surface area contributed by atoms with Crippen LogP contribution in [0.5, 0.6) is 0 Å². The minimum absolute atomic E-state index is 0.629. The Hall–Kier alpha value is -4.11. The van der Waals surface area contributed by atoms with Crippen molar-refractivity contribution < 1.29 is 0 Å². The van der Waals surface area contributed by atoms with Crippen LogP contribution >= 0.6 is 11.6 Å². The molecule has 0 saturated carbocycles. The van der Waals surface area contributed by atoms with Crippen LogP contribution in [0.25, 0.3) is 16.7 Å². The zero-order valence-corrected chi connectivity index (χ0v) is 57.8. The van der Waals surface area contributed by atoms with E-state index in [-0.39, 0.29) is 0 Å². The molecule has 86 heavy (non-hydrogen) atoms. The van der Waals surface area contributed by atoms with Crippen molar-refractivity contribution in [1.29, 1.82) is 0 Å². The first-order chi connectivity index (χ1) is 41.4. The number of likely N-dealkylation sites (tertiary alicyclic amines) is 1. The number of hydrogen-bond acceptors (Lipinski definition) is 6. The Morgan fingerprint density at radius 1 is 0.302 bits per heavy atom. The minimum atomic E-state index is 0.629. The molecule has 6 nitrogen and oxygen atoms in total. The second-order valence-electron chi connectivity index (χ2n) is 27.3. The lowest BCUT2D eigenvalue weighted by atomic mass is 9.90. The third-order valence-electron chi connectivity index (χ3n) is 19.2. The highest BCUT2D eigenvalue weighted by Crippen LogP contribution is 2.32. The lowest BCUT2D eigenvalue weighted by Crippen LogP contribution is -2.35. The van der Waals surface area contributed by atoms with Gasteiger partial charge in [-0.05, 0) is 262 Å². The van der Waals surface area contributed by atoms with E-state index in [4.69, 9.17) is 11.6 Å². The summed E-state index contributed by atoms with van der Waals surface area (Å²) in [5.41, 5.74) is 17.7. The van der Waals surface area contributed by atoms with Crippen molar-refractivity contribution in [3.05, 3.63) is 170 Å². The molecular formula is C79H121ClN6. The van der Waals surface area contributed by atoms with Crippen molar-refractivity contribution in [2.24, 2.45) is 0 Å². The molecule has 0 N–H and O–H groups in total. The highest BCUT2D eigenvalue weighted by atomic mass is 35.5. The van der Waals surface area contributed by atoms with Crippen molar-refractivity contribution in [3.63, 3.8) is 0 Å². The molecule has 1 fully saturated rings. The lowest BCUT2D eigenvalue weighted by molar-refractivity contribution is 0.185. The number of nitrogens with zero attached hydrogens (tertiary/aromatic N) is 6. The van der Waals surface area contributed by atoms with Crippen LogP contribution < -0.4 is 0 Å². The smallest absolute Gasteiger partial charge is 0.0481 e. The minimum Gasteiger partial charge on any atom is -0.301 e. The van der Waals surface area contributed by atoms with E-state index in [2.05, 4.69) is 230 Å². The van der Waals surface area contributed by atoms with E-state index >= 15 is 0 Å². The van der Waals surface area contributed by atoms with Crippen LogP contribution in [-0.2, 0) is 0 Å². The molecule has 6 aliphatic heterocycles. The van der Waals surface area contributed by atoms with Gasteiger partial charge in [-0.2, -0.15) is 0 Å². The van der Waals surface area contributed by atoms with Gasteiger partial charge in [-0.1, -0.05) is 138 Å². The summed E-state index contributed by atoms with van der Waals surface area (Å²) < 4.78 is 0. The topological polar surface area (TPSA) is 19.4 Å². The fourth-order valence-electron chi connectivity index (χ4n) is 13.0. The van der Waals surface area contributed by atoms with Gasteiger partial charge in [0.15, 0.2) is 0 Å². The SMILES string of the molecule is CC(C)N1CC=C(C2=CCCC2)CC1.CC(C)N1CC=C(C2=CCCCC2)CC1.CC(C)N1CC=C(c2ccccc2Cl)CC1.CC(C)N1CCCCC1.Cc1ccc(C2=CCN(C(C)C)CC2)cc1.Cc1cccc(C2=CCN(C(C)C)CC2)c1. The zero-order valence-electron chi connectivity index (χ0n) is 57.1. The number of hydrogen-bond donors (Lipinski definition) is 0. The van der Waals surface area contributed by atoms with E-state index < -0.39 is 0 Å². The molecule has 8 aliphatic rings. The number of halogens is 1. The third-order valence-corrected chi connectivity index (χ3v) is 19.5. The van der Waals surface area contributed by atoms with Gasteiger partial charge in [0.05, 0.1) is 0 Å². The second kappa shape index (κ2) is 37.8.